The van der Waals surface area contributed by atoms with Crippen molar-refractivity contribution in [1.29, 1.82) is 0 Å². The number of carbonyl (C=O) groups is 1. The normalized spacial score (nSPS) is 18.1. The third-order valence-electron chi connectivity index (χ3n) is 1.86. The fourth-order valence-electron chi connectivity index (χ4n) is 0.884. The Morgan fingerprint density at radius 3 is 1.11 bits per heavy atom. The number of carbonyl (C=O) groups excluding carboxylic acids is 1. The lowest BCUT2D eigenvalue weighted by atomic mass is 9.89. The van der Waals surface area contributed by atoms with E-state index in [1.165, 1.54) is 0 Å². The van der Waals surface area contributed by atoms with Crippen molar-refractivity contribution in [3.05, 3.63) is 0 Å². The van der Waals surface area contributed by atoms with Crippen molar-refractivity contribution in [1.82, 2.24) is 0 Å². The van der Waals surface area contributed by atoms with Gasteiger partial charge in [-0.25, -0.2) is 4.39 Å². The molecular formula is C6F12O. The summed E-state index contributed by atoms with van der Waals surface area (Å²) in [5.41, 5.74) is -7.78. The van der Waals surface area contributed by atoms with Crippen LogP contribution in [0.25, 0.3) is 0 Å². The SMILES string of the molecule is O=C(F)C(F)(F)C(F)(C(F)(F)F)C(F)(F)C(F)(F)F. The molecule has 0 saturated carbocycles. The van der Waals surface area contributed by atoms with Crippen LogP contribution in [-0.4, -0.2) is 35.9 Å². The highest BCUT2D eigenvalue weighted by Crippen LogP contribution is 2.59. The highest BCUT2D eigenvalue weighted by molar-refractivity contribution is 5.78. The zero-order chi connectivity index (χ0) is 16.1. The van der Waals surface area contributed by atoms with Gasteiger partial charge in [0.15, 0.2) is 0 Å². The summed E-state index contributed by atoms with van der Waals surface area (Å²) in [4.78, 5) is 9.48. The predicted octanol–water partition coefficient (Wildman–Crippen LogP) is 3.59. The van der Waals surface area contributed by atoms with Crippen LogP contribution < -0.4 is 0 Å². The minimum absolute atomic E-state index is 4.63. The fourth-order valence-corrected chi connectivity index (χ4v) is 0.884. The lowest BCUT2D eigenvalue weighted by Gasteiger charge is -2.38. The molecule has 0 aromatic heterocycles. The van der Waals surface area contributed by atoms with Gasteiger partial charge < -0.3 is 0 Å². The summed E-state index contributed by atoms with van der Waals surface area (Å²) in [6, 6.07) is -4.63. The first-order chi connectivity index (χ1) is 7.94. The van der Waals surface area contributed by atoms with E-state index in [9.17, 15) is 57.5 Å². The molecule has 1 unspecified atom stereocenters. The molecule has 0 rings (SSSR count). The van der Waals surface area contributed by atoms with Crippen molar-refractivity contribution < 1.29 is 57.5 Å². The van der Waals surface area contributed by atoms with E-state index in [0.29, 0.717) is 0 Å². The van der Waals surface area contributed by atoms with E-state index in [4.69, 9.17) is 0 Å². The van der Waals surface area contributed by atoms with E-state index in [0.717, 1.165) is 0 Å². The van der Waals surface area contributed by atoms with Crippen molar-refractivity contribution in [3.8, 4) is 0 Å². The van der Waals surface area contributed by atoms with Crippen molar-refractivity contribution in [2.45, 2.75) is 29.9 Å². The fraction of sp³-hybridized carbons (Fsp3) is 0.833. The van der Waals surface area contributed by atoms with Crippen LogP contribution >= 0.6 is 0 Å². The average molecular weight is 316 g/mol. The Balaban J connectivity index is 6.38. The summed E-state index contributed by atoms with van der Waals surface area (Å²) in [5.74, 6) is -15.0. The minimum Gasteiger partial charge on any atom is -0.254 e. The molecule has 1 nitrogen and oxygen atoms in total. The Labute approximate surface area is 94.7 Å². The topological polar surface area (TPSA) is 17.1 Å². The maximum absolute atomic E-state index is 12.8. The highest BCUT2D eigenvalue weighted by Gasteiger charge is 2.91. The smallest absolute Gasteiger partial charge is 0.254 e. The van der Waals surface area contributed by atoms with E-state index in [2.05, 4.69) is 0 Å². The van der Waals surface area contributed by atoms with Gasteiger partial charge in [-0.2, -0.15) is 48.3 Å². The Kier molecular flexibility index (Phi) is 3.91. The molecule has 0 aromatic rings. The zero-order valence-electron chi connectivity index (χ0n) is 7.94. The molecule has 0 aromatic carbocycles. The van der Waals surface area contributed by atoms with E-state index in [-0.39, 0.29) is 0 Å². The molecule has 0 spiro atoms. The molecule has 1 atom stereocenters. The predicted molar refractivity (Wildman–Crippen MR) is 32.0 cm³/mol. The van der Waals surface area contributed by atoms with Gasteiger partial charge in [0.2, 0.25) is 0 Å². The largest absolute Gasteiger partial charge is 0.457 e. The molecular weight excluding hydrogens is 316 g/mol. The third-order valence-corrected chi connectivity index (χ3v) is 1.86. The first kappa shape index (κ1) is 17.8. The maximum Gasteiger partial charge on any atom is 0.457 e. The Hall–Kier alpha value is -1.17. The van der Waals surface area contributed by atoms with Gasteiger partial charge in [-0.15, -0.1) is 0 Å². The second-order valence-corrected chi connectivity index (χ2v) is 3.08. The first-order valence-corrected chi connectivity index (χ1v) is 3.72. The maximum atomic E-state index is 12.8. The summed E-state index contributed by atoms with van der Waals surface area (Å²) >= 11 is 0. The molecule has 0 bridgehead atoms. The van der Waals surface area contributed by atoms with Gasteiger partial charge >= 0.3 is 35.9 Å². The molecule has 0 aliphatic rings. The molecule has 0 aliphatic carbocycles. The number of alkyl halides is 11. The van der Waals surface area contributed by atoms with E-state index in [1.807, 2.05) is 0 Å². The molecule has 19 heavy (non-hydrogen) atoms. The molecule has 0 heterocycles. The van der Waals surface area contributed by atoms with Gasteiger partial charge in [0.05, 0.1) is 0 Å². The molecule has 114 valence electrons. The van der Waals surface area contributed by atoms with E-state index in [1.54, 1.807) is 0 Å². The van der Waals surface area contributed by atoms with Gasteiger partial charge in [-0.3, -0.25) is 4.79 Å². The van der Waals surface area contributed by atoms with Gasteiger partial charge in [-0.1, -0.05) is 0 Å². The van der Waals surface area contributed by atoms with E-state index >= 15 is 0 Å². The summed E-state index contributed by atoms with van der Waals surface area (Å²) in [6.45, 7) is 0. The molecule has 0 aliphatic heterocycles. The highest BCUT2D eigenvalue weighted by atomic mass is 19.4. The van der Waals surface area contributed by atoms with Crippen LogP contribution in [0.15, 0.2) is 0 Å². The van der Waals surface area contributed by atoms with Gasteiger partial charge in [0.1, 0.15) is 0 Å². The molecule has 0 radical (unpaired) electrons. The Morgan fingerprint density at radius 2 is 0.947 bits per heavy atom. The van der Waals surface area contributed by atoms with Crippen molar-refractivity contribution in [2.75, 3.05) is 0 Å². The van der Waals surface area contributed by atoms with Crippen LogP contribution in [-0.2, 0) is 4.79 Å². The van der Waals surface area contributed by atoms with Crippen LogP contribution in [0.4, 0.5) is 52.7 Å². The number of hydrogen-bond acceptors (Lipinski definition) is 1. The third kappa shape index (κ3) is 2.22. The van der Waals surface area contributed by atoms with Crippen molar-refractivity contribution in [3.63, 3.8) is 0 Å². The Morgan fingerprint density at radius 1 is 0.632 bits per heavy atom. The summed E-state index contributed by atoms with van der Waals surface area (Å²) in [5, 5.41) is 0. The van der Waals surface area contributed by atoms with Crippen molar-refractivity contribution >= 4 is 6.04 Å². The summed E-state index contributed by atoms with van der Waals surface area (Å²) < 4.78 is 144. The van der Waals surface area contributed by atoms with Crippen LogP contribution in [0.5, 0.6) is 0 Å². The quantitative estimate of drug-likeness (QED) is 0.574. The molecule has 0 saturated heterocycles. The summed E-state index contributed by atoms with van der Waals surface area (Å²) in [6.07, 6.45) is -15.0. The minimum atomic E-state index is -7.78. The van der Waals surface area contributed by atoms with Crippen molar-refractivity contribution in [2.24, 2.45) is 0 Å². The van der Waals surface area contributed by atoms with Gasteiger partial charge in [0, 0.05) is 0 Å². The van der Waals surface area contributed by atoms with Crippen LogP contribution in [0.1, 0.15) is 0 Å². The molecule has 0 N–H and O–H groups in total. The second kappa shape index (κ2) is 4.16. The van der Waals surface area contributed by atoms with Crippen LogP contribution in [0.3, 0.4) is 0 Å². The zero-order valence-corrected chi connectivity index (χ0v) is 7.94. The van der Waals surface area contributed by atoms with Crippen LogP contribution in [0, 0.1) is 0 Å². The van der Waals surface area contributed by atoms with Gasteiger partial charge in [-0.05, 0) is 0 Å². The lowest BCUT2D eigenvalue weighted by molar-refractivity contribution is -0.417. The number of hydrogen-bond donors (Lipinski definition) is 0. The number of halogens is 12. The van der Waals surface area contributed by atoms with E-state index < -0.39 is 35.9 Å². The van der Waals surface area contributed by atoms with Crippen LogP contribution in [0.2, 0.25) is 0 Å². The first-order valence-electron chi connectivity index (χ1n) is 3.72. The molecule has 0 fully saturated rings. The monoisotopic (exact) mass is 316 g/mol. The lowest BCUT2D eigenvalue weighted by Crippen LogP contribution is -2.72. The second-order valence-electron chi connectivity index (χ2n) is 3.08. The standard InChI is InChI=1S/C6F12O/c7-1(19)2(8,9)3(10,5(13,14)15)4(11,12)6(16,17)18. The van der Waals surface area contributed by atoms with Gasteiger partial charge in [0.25, 0.3) is 0 Å². The summed E-state index contributed by atoms with van der Waals surface area (Å²) in [7, 11) is 0. The Bertz CT molecular complexity index is 363. The average Bonchev–Trinajstić information content (AvgIpc) is 2.11. The number of rotatable bonds is 3. The molecule has 0 amide bonds. The molecule has 13 heteroatoms.